The van der Waals surface area contributed by atoms with E-state index in [1.54, 1.807) is 4.90 Å². The molecule has 1 saturated heterocycles. The molecule has 1 aromatic rings. The van der Waals surface area contributed by atoms with Gasteiger partial charge >= 0.3 is 0 Å². The number of anilines is 1. The Morgan fingerprint density at radius 2 is 2.07 bits per heavy atom. The standard InChI is InChI=1S/C10H11F2NO/c11-8-1-2-10(9(12)3-8)13-4-7(5-13)6-14/h1-3,7,14H,4-6H2. The maximum absolute atomic E-state index is 13.2. The summed E-state index contributed by atoms with van der Waals surface area (Å²) in [6, 6.07) is 3.55. The van der Waals surface area contributed by atoms with Crippen LogP contribution in [-0.4, -0.2) is 24.8 Å². The molecule has 0 aromatic heterocycles. The molecule has 1 fully saturated rings. The van der Waals surface area contributed by atoms with Crippen molar-refractivity contribution in [2.75, 3.05) is 24.6 Å². The van der Waals surface area contributed by atoms with E-state index in [2.05, 4.69) is 0 Å². The summed E-state index contributed by atoms with van der Waals surface area (Å²) >= 11 is 0. The molecule has 0 spiro atoms. The van der Waals surface area contributed by atoms with Crippen LogP contribution in [0.3, 0.4) is 0 Å². The van der Waals surface area contributed by atoms with E-state index in [-0.39, 0.29) is 12.5 Å². The molecular formula is C10H11F2NO. The summed E-state index contributed by atoms with van der Waals surface area (Å²) in [6.45, 7) is 1.40. The van der Waals surface area contributed by atoms with E-state index in [0.717, 1.165) is 6.07 Å². The highest BCUT2D eigenvalue weighted by Crippen LogP contribution is 2.27. The van der Waals surface area contributed by atoms with Crippen molar-refractivity contribution < 1.29 is 13.9 Å². The largest absolute Gasteiger partial charge is 0.396 e. The van der Waals surface area contributed by atoms with Crippen molar-refractivity contribution in [1.29, 1.82) is 0 Å². The number of hydrogen-bond acceptors (Lipinski definition) is 2. The highest BCUT2D eigenvalue weighted by Gasteiger charge is 2.27. The lowest BCUT2D eigenvalue weighted by Gasteiger charge is -2.40. The van der Waals surface area contributed by atoms with Crippen LogP contribution >= 0.6 is 0 Å². The maximum atomic E-state index is 13.2. The summed E-state index contributed by atoms with van der Waals surface area (Å²) in [7, 11) is 0. The van der Waals surface area contributed by atoms with Gasteiger partial charge < -0.3 is 10.0 Å². The van der Waals surface area contributed by atoms with Gasteiger partial charge in [0.05, 0.1) is 5.69 Å². The lowest BCUT2D eigenvalue weighted by Crippen LogP contribution is -2.48. The Balaban J connectivity index is 2.11. The molecule has 0 saturated carbocycles. The summed E-state index contributed by atoms with van der Waals surface area (Å²) in [6.07, 6.45) is 0. The molecule has 1 aliphatic rings. The van der Waals surface area contributed by atoms with Crippen LogP contribution in [0.4, 0.5) is 14.5 Å². The first kappa shape index (κ1) is 9.40. The Kier molecular flexibility index (Phi) is 2.37. The minimum atomic E-state index is -0.564. The summed E-state index contributed by atoms with van der Waals surface area (Å²) in [5.41, 5.74) is 0.413. The van der Waals surface area contributed by atoms with Gasteiger partial charge in [0.15, 0.2) is 0 Å². The zero-order valence-electron chi connectivity index (χ0n) is 7.58. The fraction of sp³-hybridized carbons (Fsp3) is 0.400. The Labute approximate surface area is 80.8 Å². The van der Waals surface area contributed by atoms with Crippen molar-refractivity contribution in [2.24, 2.45) is 5.92 Å². The van der Waals surface area contributed by atoms with Gasteiger partial charge in [-0.05, 0) is 12.1 Å². The van der Waals surface area contributed by atoms with Crippen LogP contribution in [0.2, 0.25) is 0 Å². The van der Waals surface area contributed by atoms with Crippen LogP contribution in [0.25, 0.3) is 0 Å². The van der Waals surface area contributed by atoms with E-state index in [1.807, 2.05) is 0 Å². The molecule has 1 aliphatic heterocycles. The average Bonchev–Trinajstić information content (AvgIpc) is 2.06. The molecule has 2 nitrogen and oxygen atoms in total. The second-order valence-corrected chi connectivity index (χ2v) is 3.55. The van der Waals surface area contributed by atoms with Crippen LogP contribution in [-0.2, 0) is 0 Å². The lowest BCUT2D eigenvalue weighted by atomic mass is 10.0. The number of hydrogen-bond donors (Lipinski definition) is 1. The molecule has 14 heavy (non-hydrogen) atoms. The molecule has 76 valence electrons. The fourth-order valence-corrected chi connectivity index (χ4v) is 1.62. The maximum Gasteiger partial charge on any atom is 0.149 e. The first-order valence-electron chi connectivity index (χ1n) is 4.51. The Morgan fingerprint density at radius 1 is 1.36 bits per heavy atom. The molecule has 4 heteroatoms. The highest BCUT2D eigenvalue weighted by atomic mass is 19.1. The lowest BCUT2D eigenvalue weighted by molar-refractivity contribution is 0.200. The Bertz CT molecular complexity index is 337. The number of aliphatic hydroxyl groups excluding tert-OH is 1. The SMILES string of the molecule is OCC1CN(c2ccc(F)cc2F)C1. The number of aliphatic hydroxyl groups is 1. The zero-order valence-corrected chi connectivity index (χ0v) is 7.58. The number of rotatable bonds is 2. The van der Waals surface area contributed by atoms with Gasteiger partial charge in [-0.1, -0.05) is 0 Å². The van der Waals surface area contributed by atoms with Crippen LogP contribution in [0.1, 0.15) is 0 Å². The predicted molar refractivity (Wildman–Crippen MR) is 49.1 cm³/mol. The van der Waals surface area contributed by atoms with Gasteiger partial charge in [-0.2, -0.15) is 0 Å². The predicted octanol–water partition coefficient (Wildman–Crippen LogP) is 1.39. The van der Waals surface area contributed by atoms with Crippen LogP contribution in [0.15, 0.2) is 18.2 Å². The number of nitrogens with zero attached hydrogens (tertiary/aromatic N) is 1. The quantitative estimate of drug-likeness (QED) is 0.778. The van der Waals surface area contributed by atoms with E-state index < -0.39 is 11.6 Å². The first-order valence-corrected chi connectivity index (χ1v) is 4.51. The molecule has 0 radical (unpaired) electrons. The molecule has 0 unspecified atom stereocenters. The molecule has 0 aliphatic carbocycles. The Morgan fingerprint density at radius 3 is 2.64 bits per heavy atom. The van der Waals surface area contributed by atoms with E-state index >= 15 is 0 Å². The van der Waals surface area contributed by atoms with Crippen LogP contribution in [0, 0.1) is 17.6 Å². The van der Waals surface area contributed by atoms with E-state index in [4.69, 9.17) is 5.11 Å². The second-order valence-electron chi connectivity index (χ2n) is 3.55. The van der Waals surface area contributed by atoms with E-state index in [9.17, 15) is 8.78 Å². The average molecular weight is 199 g/mol. The smallest absolute Gasteiger partial charge is 0.149 e. The first-order chi connectivity index (χ1) is 6.70. The third-order valence-electron chi connectivity index (χ3n) is 2.47. The van der Waals surface area contributed by atoms with Gasteiger partial charge in [-0.15, -0.1) is 0 Å². The molecular weight excluding hydrogens is 188 g/mol. The van der Waals surface area contributed by atoms with Crippen molar-refractivity contribution in [3.8, 4) is 0 Å². The van der Waals surface area contributed by atoms with Gasteiger partial charge in [0.2, 0.25) is 0 Å². The fourth-order valence-electron chi connectivity index (χ4n) is 1.62. The number of halogens is 2. The van der Waals surface area contributed by atoms with E-state index in [0.29, 0.717) is 18.8 Å². The monoisotopic (exact) mass is 199 g/mol. The topological polar surface area (TPSA) is 23.5 Å². The molecule has 1 aromatic carbocycles. The van der Waals surface area contributed by atoms with Gasteiger partial charge in [-0.3, -0.25) is 0 Å². The van der Waals surface area contributed by atoms with Crippen molar-refractivity contribution in [2.45, 2.75) is 0 Å². The summed E-state index contributed by atoms with van der Waals surface area (Å²) in [5.74, 6) is -0.883. The van der Waals surface area contributed by atoms with Gasteiger partial charge in [0.1, 0.15) is 11.6 Å². The van der Waals surface area contributed by atoms with Gasteiger partial charge in [0, 0.05) is 31.7 Å². The van der Waals surface area contributed by atoms with Crippen molar-refractivity contribution >= 4 is 5.69 Å². The van der Waals surface area contributed by atoms with Crippen molar-refractivity contribution in [3.63, 3.8) is 0 Å². The van der Waals surface area contributed by atoms with Crippen LogP contribution in [0.5, 0.6) is 0 Å². The molecule has 1 heterocycles. The van der Waals surface area contributed by atoms with Crippen molar-refractivity contribution in [3.05, 3.63) is 29.8 Å². The van der Waals surface area contributed by atoms with Crippen molar-refractivity contribution in [1.82, 2.24) is 0 Å². The Hall–Kier alpha value is -1.16. The summed E-state index contributed by atoms with van der Waals surface area (Å²) in [5, 5.41) is 8.78. The zero-order chi connectivity index (χ0) is 10.1. The molecule has 2 rings (SSSR count). The molecule has 0 atom stereocenters. The molecule has 1 N–H and O–H groups in total. The van der Waals surface area contributed by atoms with Gasteiger partial charge in [-0.25, -0.2) is 8.78 Å². The normalized spacial score (nSPS) is 16.9. The van der Waals surface area contributed by atoms with Crippen LogP contribution < -0.4 is 4.90 Å². The molecule has 0 amide bonds. The highest BCUT2D eigenvalue weighted by molar-refractivity contribution is 5.50. The third kappa shape index (κ3) is 1.57. The minimum absolute atomic E-state index is 0.124. The minimum Gasteiger partial charge on any atom is -0.396 e. The van der Waals surface area contributed by atoms with E-state index in [1.165, 1.54) is 12.1 Å². The third-order valence-corrected chi connectivity index (χ3v) is 2.47. The second kappa shape index (κ2) is 3.53. The summed E-state index contributed by atoms with van der Waals surface area (Å²) < 4.78 is 25.8. The molecule has 0 bridgehead atoms. The van der Waals surface area contributed by atoms with Gasteiger partial charge in [0.25, 0.3) is 0 Å². The number of benzene rings is 1. The summed E-state index contributed by atoms with van der Waals surface area (Å²) in [4.78, 5) is 1.79.